The lowest BCUT2D eigenvalue weighted by molar-refractivity contribution is -0.139. The van der Waals surface area contributed by atoms with Crippen molar-refractivity contribution in [3.05, 3.63) is 65.2 Å². The van der Waals surface area contributed by atoms with E-state index in [1.807, 2.05) is 30.3 Å². The first-order chi connectivity index (χ1) is 28.7. The van der Waals surface area contributed by atoms with Gasteiger partial charge >= 0.3 is 0 Å². The second kappa shape index (κ2) is 18.8. The second-order valence-electron chi connectivity index (χ2n) is 15.7. The Morgan fingerprint density at radius 1 is 0.967 bits per heavy atom. The van der Waals surface area contributed by atoms with Gasteiger partial charge < -0.3 is 25.0 Å². The Morgan fingerprint density at radius 2 is 1.73 bits per heavy atom. The molecule has 20 heteroatoms. The van der Waals surface area contributed by atoms with Crippen LogP contribution in [0, 0.1) is 11.8 Å². The Balaban J connectivity index is 0.816. The fourth-order valence-corrected chi connectivity index (χ4v) is 9.91. The molecule has 4 N–H and O–H groups in total. The number of likely N-dealkylation sites (tertiary alicyclic amines) is 1. The standard InChI is InChI=1S/C40H49N7O11S2/c1-60(55,56)46-15-13-26(21-46)35(50)41-30(36(51)44-40-42-31(23-59-40)25-6-3-2-4-7-25)14-17-57-16-5-8-34(49)45-19-24(20-45)22-58-27-9-10-28-29(18-27)39(54)47(38(28)53)32-11-12-33(48)43-37(32)52/h2-4,6-7,9-10,18,24,26,30-32,40,42H,5,8,11-17,19-23H2,1H3,(H,41,50)(H,44,51)(H,43,48,52)/t26?,30-,31?,32?,40?/m0/s1. The molecule has 7 rings (SSSR count). The van der Waals surface area contributed by atoms with Crippen LogP contribution in [0.15, 0.2) is 48.5 Å². The molecule has 5 aliphatic heterocycles. The van der Waals surface area contributed by atoms with Crippen molar-refractivity contribution < 1.29 is 51.5 Å². The molecule has 7 amide bonds. The molecule has 0 aromatic heterocycles. The third kappa shape index (κ3) is 10.2. The van der Waals surface area contributed by atoms with Crippen LogP contribution in [-0.4, -0.2) is 139 Å². The van der Waals surface area contributed by atoms with E-state index in [2.05, 4.69) is 21.3 Å². The van der Waals surface area contributed by atoms with E-state index in [1.54, 1.807) is 22.7 Å². The molecule has 0 bridgehead atoms. The number of imide groups is 2. The van der Waals surface area contributed by atoms with Gasteiger partial charge in [0.25, 0.3) is 11.8 Å². The molecule has 4 saturated heterocycles. The molecule has 5 atom stereocenters. The fraction of sp³-hybridized carbons (Fsp3) is 0.525. The highest BCUT2D eigenvalue weighted by atomic mass is 32.2. The zero-order valence-electron chi connectivity index (χ0n) is 33.1. The maximum atomic E-state index is 13.5. The van der Waals surface area contributed by atoms with Gasteiger partial charge in [0, 0.05) is 69.9 Å². The molecule has 5 heterocycles. The van der Waals surface area contributed by atoms with Crippen molar-refractivity contribution in [1.82, 2.24) is 35.4 Å². The Labute approximate surface area is 351 Å². The van der Waals surface area contributed by atoms with Gasteiger partial charge in [0.2, 0.25) is 39.6 Å². The topological polar surface area (TPSA) is 230 Å². The highest BCUT2D eigenvalue weighted by molar-refractivity contribution is 8.00. The molecule has 2 aromatic rings. The third-order valence-electron chi connectivity index (χ3n) is 11.3. The number of thioether (sulfide) groups is 1. The number of hydrogen-bond acceptors (Lipinski definition) is 13. The molecule has 60 heavy (non-hydrogen) atoms. The van der Waals surface area contributed by atoms with Crippen LogP contribution in [-0.2, 0) is 38.7 Å². The van der Waals surface area contributed by atoms with Crippen molar-refractivity contribution in [2.45, 2.75) is 62.1 Å². The normalized spacial score (nSPS) is 23.9. The number of ether oxygens (including phenoxy) is 2. The number of carbonyl (C=O) groups excluding carboxylic acids is 7. The van der Waals surface area contributed by atoms with Crippen molar-refractivity contribution in [3.63, 3.8) is 0 Å². The quantitative estimate of drug-likeness (QED) is 0.125. The van der Waals surface area contributed by atoms with Gasteiger partial charge in [-0.15, -0.1) is 11.8 Å². The summed E-state index contributed by atoms with van der Waals surface area (Å²) in [7, 11) is -3.44. The van der Waals surface area contributed by atoms with E-state index < -0.39 is 57.6 Å². The Morgan fingerprint density at radius 3 is 2.47 bits per heavy atom. The smallest absolute Gasteiger partial charge is 0.262 e. The minimum absolute atomic E-state index is 0.0329. The van der Waals surface area contributed by atoms with Gasteiger partial charge in [0.15, 0.2) is 0 Å². The summed E-state index contributed by atoms with van der Waals surface area (Å²) in [6.45, 7) is 1.97. The van der Waals surface area contributed by atoms with E-state index in [4.69, 9.17) is 9.47 Å². The van der Waals surface area contributed by atoms with Gasteiger partial charge in [-0.2, -0.15) is 0 Å². The number of piperidine rings is 1. The van der Waals surface area contributed by atoms with Crippen LogP contribution < -0.4 is 26.0 Å². The molecular formula is C40H49N7O11S2. The number of nitrogens with one attached hydrogen (secondary N) is 4. The minimum Gasteiger partial charge on any atom is -0.493 e. The van der Waals surface area contributed by atoms with Gasteiger partial charge in [-0.25, -0.2) is 12.7 Å². The summed E-state index contributed by atoms with van der Waals surface area (Å²) in [5.41, 5.74) is 1.03. The van der Waals surface area contributed by atoms with Gasteiger partial charge in [-0.1, -0.05) is 30.3 Å². The van der Waals surface area contributed by atoms with Gasteiger partial charge in [0.1, 0.15) is 23.3 Å². The molecule has 0 radical (unpaired) electrons. The van der Waals surface area contributed by atoms with Crippen LogP contribution in [0.25, 0.3) is 0 Å². The summed E-state index contributed by atoms with van der Waals surface area (Å²) in [4.78, 5) is 92.1. The number of nitrogens with zero attached hydrogens (tertiary/aromatic N) is 3. The number of rotatable bonds is 17. The largest absolute Gasteiger partial charge is 0.493 e. The zero-order chi connectivity index (χ0) is 42.6. The molecule has 5 aliphatic rings. The van der Waals surface area contributed by atoms with Crippen LogP contribution in [0.4, 0.5) is 0 Å². The monoisotopic (exact) mass is 867 g/mol. The molecule has 0 aliphatic carbocycles. The van der Waals surface area contributed by atoms with Crippen LogP contribution in [0.5, 0.6) is 5.75 Å². The first-order valence-electron chi connectivity index (χ1n) is 20.1. The van der Waals surface area contributed by atoms with Crippen molar-refractivity contribution in [2.75, 3.05) is 58.0 Å². The van der Waals surface area contributed by atoms with Crippen molar-refractivity contribution in [1.29, 1.82) is 0 Å². The summed E-state index contributed by atoms with van der Waals surface area (Å²) in [5.74, 6) is -2.52. The fourth-order valence-electron chi connectivity index (χ4n) is 7.88. The molecule has 2 aromatic carbocycles. The van der Waals surface area contributed by atoms with Crippen LogP contribution in [0.3, 0.4) is 0 Å². The predicted octanol–water partition coefficient (Wildman–Crippen LogP) is 0.356. The average molecular weight is 868 g/mol. The van der Waals surface area contributed by atoms with Crippen LogP contribution in [0.1, 0.15) is 70.8 Å². The molecule has 0 spiro atoms. The molecule has 4 fully saturated rings. The van der Waals surface area contributed by atoms with E-state index in [-0.39, 0.29) is 99.0 Å². The van der Waals surface area contributed by atoms with Gasteiger partial charge in [0.05, 0.1) is 29.9 Å². The average Bonchev–Trinajstić information content (AvgIpc) is 3.95. The SMILES string of the molecule is CS(=O)(=O)N1CCC(C(=O)N[C@@H](CCOCCCC(=O)N2CC(COc3ccc4c(c3)C(=O)N(C3CCC(=O)NC3=O)C4=O)C2)C(=O)NC2NC(c3ccccc3)CS2)C1. The van der Waals surface area contributed by atoms with Gasteiger partial charge in [-0.05, 0) is 49.4 Å². The lowest BCUT2D eigenvalue weighted by atomic mass is 10.0. The zero-order valence-corrected chi connectivity index (χ0v) is 34.8. The summed E-state index contributed by atoms with van der Waals surface area (Å²) in [5, 5.41) is 11.4. The van der Waals surface area contributed by atoms with Crippen molar-refractivity contribution in [2.24, 2.45) is 11.8 Å². The molecule has 0 saturated carbocycles. The molecular weight excluding hydrogens is 819 g/mol. The van der Waals surface area contributed by atoms with Crippen LogP contribution >= 0.6 is 11.8 Å². The molecule has 322 valence electrons. The lowest BCUT2D eigenvalue weighted by Gasteiger charge is -2.39. The number of sulfonamides is 1. The first-order valence-corrected chi connectivity index (χ1v) is 23.0. The van der Waals surface area contributed by atoms with E-state index >= 15 is 0 Å². The van der Waals surface area contributed by atoms with Crippen LogP contribution in [0.2, 0.25) is 0 Å². The number of carbonyl (C=O) groups is 7. The molecule has 18 nitrogen and oxygen atoms in total. The number of fused-ring (bicyclic) bond motifs is 1. The Kier molecular flexibility index (Phi) is 13.5. The maximum absolute atomic E-state index is 13.5. The first kappa shape index (κ1) is 43.2. The van der Waals surface area contributed by atoms with E-state index in [0.717, 1.165) is 22.5 Å². The van der Waals surface area contributed by atoms with E-state index in [1.165, 1.54) is 16.4 Å². The third-order valence-corrected chi connectivity index (χ3v) is 13.7. The predicted molar refractivity (Wildman–Crippen MR) is 217 cm³/mol. The lowest BCUT2D eigenvalue weighted by Crippen LogP contribution is -2.54. The second-order valence-corrected chi connectivity index (χ2v) is 18.8. The Hall–Kier alpha value is -4.89. The minimum atomic E-state index is -3.44. The number of hydrogen-bond donors (Lipinski definition) is 4. The summed E-state index contributed by atoms with van der Waals surface area (Å²) in [6, 6.07) is 12.5. The van der Waals surface area contributed by atoms with Gasteiger partial charge in [-0.3, -0.25) is 49.1 Å². The van der Waals surface area contributed by atoms with E-state index in [9.17, 15) is 42.0 Å². The highest BCUT2D eigenvalue weighted by Crippen LogP contribution is 2.31. The Bertz CT molecular complexity index is 2120. The summed E-state index contributed by atoms with van der Waals surface area (Å²) in [6.07, 6.45) is 2.44. The van der Waals surface area contributed by atoms with E-state index in [0.29, 0.717) is 31.7 Å². The number of benzene rings is 2. The van der Waals surface area contributed by atoms with Crippen molar-refractivity contribution in [3.8, 4) is 5.75 Å². The summed E-state index contributed by atoms with van der Waals surface area (Å²) < 4.78 is 37.0. The molecule has 4 unspecified atom stereocenters. The highest BCUT2D eigenvalue weighted by Gasteiger charge is 2.45. The summed E-state index contributed by atoms with van der Waals surface area (Å²) >= 11 is 1.55. The number of amides is 7. The van der Waals surface area contributed by atoms with Crippen molar-refractivity contribution >= 4 is 63.1 Å². The maximum Gasteiger partial charge on any atom is 0.262 e.